The summed E-state index contributed by atoms with van der Waals surface area (Å²) in [5, 5.41) is 9.18. The highest BCUT2D eigenvalue weighted by Gasteiger charge is 2.44. The Balaban J connectivity index is 2.33. The van der Waals surface area contributed by atoms with Gasteiger partial charge in [0.15, 0.2) is 8.32 Å². The fourth-order valence-corrected chi connectivity index (χ4v) is 5.43. The van der Waals surface area contributed by atoms with Crippen molar-refractivity contribution >= 4 is 14.0 Å². The number of nitrogens with zero attached hydrogens (tertiary/aromatic N) is 2. The minimum absolute atomic E-state index is 0.0371. The SMILES string of the molecule is CN(c1ccc(C#N)c(C(F)(F)F)c1)C1CC(O[Si](C)(C)C(C)(C)C)CCC1(C)C. The summed E-state index contributed by atoms with van der Waals surface area (Å²) in [5.74, 6) is 0. The fraction of sp³-hybridized carbons (Fsp3) is 0.696. The standard InChI is InChI=1S/C23H35F3N2OSi/c1-21(2,3)30(7,8)29-18-11-12-22(4,5)20(14-18)28(6)17-10-9-16(15-27)19(13-17)23(24,25)26/h9-10,13,18,20H,11-12,14H2,1-8H3. The van der Waals surface area contributed by atoms with E-state index in [1.54, 1.807) is 12.1 Å². The first kappa shape index (κ1) is 24.7. The Morgan fingerprint density at radius 2 is 1.80 bits per heavy atom. The monoisotopic (exact) mass is 440 g/mol. The second-order valence-electron chi connectivity index (χ2n) is 10.7. The number of halogens is 3. The molecule has 168 valence electrons. The lowest BCUT2D eigenvalue weighted by Crippen LogP contribution is -2.52. The number of hydrogen-bond acceptors (Lipinski definition) is 3. The van der Waals surface area contributed by atoms with Crippen LogP contribution in [-0.4, -0.2) is 27.5 Å². The van der Waals surface area contributed by atoms with Crippen LogP contribution in [0, 0.1) is 16.7 Å². The van der Waals surface area contributed by atoms with E-state index < -0.39 is 20.1 Å². The van der Waals surface area contributed by atoms with Gasteiger partial charge in [-0.1, -0.05) is 34.6 Å². The first-order valence-corrected chi connectivity index (χ1v) is 13.4. The van der Waals surface area contributed by atoms with Gasteiger partial charge in [0.25, 0.3) is 0 Å². The molecule has 0 radical (unpaired) electrons. The molecule has 0 N–H and O–H groups in total. The first-order chi connectivity index (χ1) is 13.5. The summed E-state index contributed by atoms with van der Waals surface area (Å²) in [6.07, 6.45) is -1.77. The van der Waals surface area contributed by atoms with E-state index in [1.165, 1.54) is 6.07 Å². The molecule has 0 heterocycles. The average molecular weight is 441 g/mol. The molecule has 7 heteroatoms. The van der Waals surface area contributed by atoms with Gasteiger partial charge in [-0.25, -0.2) is 0 Å². The first-order valence-electron chi connectivity index (χ1n) is 10.5. The number of rotatable bonds is 4. The van der Waals surface area contributed by atoms with Gasteiger partial charge in [0.2, 0.25) is 0 Å². The van der Waals surface area contributed by atoms with Crippen molar-refractivity contribution in [3.05, 3.63) is 29.3 Å². The Kier molecular flexibility index (Phi) is 6.76. The zero-order chi connectivity index (χ0) is 23.1. The van der Waals surface area contributed by atoms with Crippen LogP contribution in [0.2, 0.25) is 18.1 Å². The maximum Gasteiger partial charge on any atom is 0.417 e. The molecular weight excluding hydrogens is 405 g/mol. The third-order valence-corrected chi connectivity index (χ3v) is 11.6. The van der Waals surface area contributed by atoms with Crippen molar-refractivity contribution in [3.8, 4) is 6.07 Å². The maximum atomic E-state index is 13.4. The topological polar surface area (TPSA) is 36.3 Å². The van der Waals surface area contributed by atoms with Crippen molar-refractivity contribution in [1.82, 2.24) is 0 Å². The van der Waals surface area contributed by atoms with Gasteiger partial charge in [-0.2, -0.15) is 18.4 Å². The van der Waals surface area contributed by atoms with E-state index >= 15 is 0 Å². The molecule has 0 amide bonds. The van der Waals surface area contributed by atoms with Crippen LogP contribution in [0.1, 0.15) is 65.0 Å². The van der Waals surface area contributed by atoms with Gasteiger partial charge in [-0.05, 0) is 61.0 Å². The molecule has 1 aromatic carbocycles. The summed E-state index contributed by atoms with van der Waals surface area (Å²) >= 11 is 0. The van der Waals surface area contributed by atoms with E-state index in [0.29, 0.717) is 5.69 Å². The molecule has 3 nitrogen and oxygen atoms in total. The van der Waals surface area contributed by atoms with Crippen molar-refractivity contribution in [3.63, 3.8) is 0 Å². The summed E-state index contributed by atoms with van der Waals surface area (Å²) in [6, 6.07) is 5.68. The minimum atomic E-state index is -4.56. The van der Waals surface area contributed by atoms with Gasteiger partial charge in [-0.15, -0.1) is 0 Å². The van der Waals surface area contributed by atoms with Crippen molar-refractivity contribution in [2.75, 3.05) is 11.9 Å². The molecule has 0 aliphatic heterocycles. The third kappa shape index (κ3) is 5.20. The molecule has 1 aliphatic rings. The third-order valence-electron chi connectivity index (χ3n) is 7.07. The lowest BCUT2D eigenvalue weighted by molar-refractivity contribution is -0.137. The Morgan fingerprint density at radius 3 is 2.30 bits per heavy atom. The number of benzene rings is 1. The Bertz CT molecular complexity index is 806. The quantitative estimate of drug-likeness (QED) is 0.474. The van der Waals surface area contributed by atoms with Crippen LogP contribution < -0.4 is 4.90 Å². The normalized spacial score (nSPS) is 22.5. The molecule has 0 bridgehead atoms. The number of hydrogen-bond donors (Lipinski definition) is 0. The second kappa shape index (κ2) is 8.20. The van der Waals surface area contributed by atoms with Crippen molar-refractivity contribution in [2.24, 2.45) is 5.41 Å². The molecule has 0 aromatic heterocycles. The minimum Gasteiger partial charge on any atom is -0.414 e. The molecule has 1 fully saturated rings. The summed E-state index contributed by atoms with van der Waals surface area (Å²) < 4.78 is 47.0. The number of nitriles is 1. The molecule has 1 saturated carbocycles. The average Bonchev–Trinajstić information content (AvgIpc) is 2.60. The number of anilines is 1. The van der Waals surface area contributed by atoms with Crippen molar-refractivity contribution in [1.29, 1.82) is 5.26 Å². The smallest absolute Gasteiger partial charge is 0.414 e. The van der Waals surface area contributed by atoms with Crippen molar-refractivity contribution in [2.45, 2.75) is 90.3 Å². The van der Waals surface area contributed by atoms with Crippen LogP contribution in [0.5, 0.6) is 0 Å². The Labute approximate surface area is 180 Å². The van der Waals surface area contributed by atoms with E-state index in [2.05, 4.69) is 47.7 Å². The second-order valence-corrected chi connectivity index (χ2v) is 15.5. The summed E-state index contributed by atoms with van der Waals surface area (Å²) in [4.78, 5) is 1.94. The van der Waals surface area contributed by atoms with Gasteiger partial charge in [0.05, 0.1) is 17.2 Å². The van der Waals surface area contributed by atoms with Crippen LogP contribution >= 0.6 is 0 Å². The predicted molar refractivity (Wildman–Crippen MR) is 118 cm³/mol. The zero-order valence-corrected chi connectivity index (χ0v) is 20.4. The van der Waals surface area contributed by atoms with Gasteiger partial charge in [0.1, 0.15) is 0 Å². The van der Waals surface area contributed by atoms with Gasteiger partial charge in [-0.3, -0.25) is 0 Å². The molecule has 0 spiro atoms. The maximum absolute atomic E-state index is 13.4. The number of alkyl halides is 3. The summed E-state index contributed by atoms with van der Waals surface area (Å²) in [7, 11) is -0.0820. The fourth-order valence-electron chi connectivity index (χ4n) is 4.03. The van der Waals surface area contributed by atoms with E-state index in [-0.39, 0.29) is 28.2 Å². The Morgan fingerprint density at radius 1 is 1.20 bits per heavy atom. The molecule has 2 unspecified atom stereocenters. The van der Waals surface area contributed by atoms with Crippen LogP contribution in [0.15, 0.2) is 18.2 Å². The van der Waals surface area contributed by atoms with Gasteiger partial charge < -0.3 is 9.33 Å². The zero-order valence-electron chi connectivity index (χ0n) is 19.4. The van der Waals surface area contributed by atoms with E-state index in [0.717, 1.165) is 25.3 Å². The van der Waals surface area contributed by atoms with Gasteiger partial charge >= 0.3 is 6.18 Å². The van der Waals surface area contributed by atoms with Crippen LogP contribution in [0.25, 0.3) is 0 Å². The Hall–Kier alpha value is -1.52. The molecule has 1 aliphatic carbocycles. The van der Waals surface area contributed by atoms with Crippen LogP contribution in [0.3, 0.4) is 0 Å². The van der Waals surface area contributed by atoms with E-state index in [4.69, 9.17) is 9.69 Å². The highest BCUT2D eigenvalue weighted by Crippen LogP contribution is 2.45. The molecule has 30 heavy (non-hydrogen) atoms. The molecule has 1 aromatic rings. The molecule has 0 saturated heterocycles. The highest BCUT2D eigenvalue weighted by atomic mass is 28.4. The van der Waals surface area contributed by atoms with Crippen LogP contribution in [-0.2, 0) is 10.6 Å². The van der Waals surface area contributed by atoms with E-state index in [9.17, 15) is 13.2 Å². The molecule has 2 rings (SSSR count). The lowest BCUT2D eigenvalue weighted by atomic mass is 9.71. The largest absolute Gasteiger partial charge is 0.417 e. The van der Waals surface area contributed by atoms with Crippen molar-refractivity contribution < 1.29 is 17.6 Å². The summed E-state index contributed by atoms with van der Waals surface area (Å²) in [5.41, 5.74) is -0.806. The lowest BCUT2D eigenvalue weighted by Gasteiger charge is -2.49. The summed E-state index contributed by atoms with van der Waals surface area (Å²) in [6.45, 7) is 15.5. The van der Waals surface area contributed by atoms with E-state index in [1.807, 2.05) is 11.9 Å². The molecular formula is C23H35F3N2OSi. The van der Waals surface area contributed by atoms with Crippen LogP contribution in [0.4, 0.5) is 18.9 Å². The molecule has 2 atom stereocenters. The highest BCUT2D eigenvalue weighted by molar-refractivity contribution is 6.74. The predicted octanol–water partition coefficient (Wildman–Crippen LogP) is 6.98. The van der Waals surface area contributed by atoms with Gasteiger partial charge in [0, 0.05) is 24.9 Å².